The monoisotopic (exact) mass is 679 g/mol. The second-order valence-corrected chi connectivity index (χ2v) is 13.2. The van der Waals surface area contributed by atoms with Gasteiger partial charge in [0.1, 0.15) is 12.1 Å². The Hall–Kier alpha value is -5.72. The van der Waals surface area contributed by atoms with Crippen LogP contribution in [0.2, 0.25) is 0 Å². The van der Waals surface area contributed by atoms with E-state index in [4.69, 9.17) is 5.11 Å². The molecule has 1 saturated heterocycles. The molecule has 13 heteroatoms. The minimum absolute atomic E-state index is 0.170. The van der Waals surface area contributed by atoms with Crippen LogP contribution in [0.15, 0.2) is 66.9 Å². The lowest BCUT2D eigenvalue weighted by Gasteiger charge is -2.29. The number of nitrogens with one attached hydrogen (secondary N) is 6. The minimum atomic E-state index is -1.05. The Labute approximate surface area is 289 Å². The summed E-state index contributed by atoms with van der Waals surface area (Å²) in [4.78, 5) is 62.7. The zero-order valence-corrected chi connectivity index (χ0v) is 27.8. The lowest BCUT2D eigenvalue weighted by Crippen LogP contribution is -2.48. The largest absolute Gasteiger partial charge is 0.465 e. The molecule has 1 aliphatic carbocycles. The second-order valence-electron chi connectivity index (χ2n) is 13.2. The molecule has 13 nitrogen and oxygen atoms in total. The van der Waals surface area contributed by atoms with Crippen LogP contribution in [-0.2, 0) is 20.8 Å². The van der Waals surface area contributed by atoms with Gasteiger partial charge in [-0.1, -0.05) is 30.3 Å². The summed E-state index contributed by atoms with van der Waals surface area (Å²) in [6.45, 7) is 2.84. The zero-order valence-electron chi connectivity index (χ0n) is 27.8. The van der Waals surface area contributed by atoms with E-state index in [0.29, 0.717) is 43.6 Å². The predicted octanol–water partition coefficient (Wildman–Crippen LogP) is 3.90. The first-order chi connectivity index (χ1) is 24.1. The van der Waals surface area contributed by atoms with Gasteiger partial charge in [-0.2, -0.15) is 5.10 Å². The van der Waals surface area contributed by atoms with Crippen LogP contribution in [0.4, 0.5) is 10.5 Å². The number of hydrogen-bond donors (Lipinski definition) is 7. The van der Waals surface area contributed by atoms with E-state index in [1.807, 2.05) is 43.3 Å². The molecule has 2 heterocycles. The summed E-state index contributed by atoms with van der Waals surface area (Å²) in [7, 11) is 0. The Kier molecular flexibility index (Phi) is 10.4. The Balaban J connectivity index is 1.13. The maximum absolute atomic E-state index is 13.7. The number of nitrogens with zero attached hydrogens (tertiary/aromatic N) is 1. The smallest absolute Gasteiger partial charge is 0.404 e. The number of hydrogen-bond acceptors (Lipinski definition) is 6. The van der Waals surface area contributed by atoms with E-state index >= 15 is 0 Å². The van der Waals surface area contributed by atoms with E-state index in [2.05, 4.69) is 36.8 Å². The third-order valence-electron chi connectivity index (χ3n) is 9.65. The topological polar surface area (TPSA) is 194 Å². The second kappa shape index (κ2) is 15.2. The summed E-state index contributed by atoms with van der Waals surface area (Å²) in [5, 5.41) is 30.7. The van der Waals surface area contributed by atoms with Gasteiger partial charge in [-0.3, -0.25) is 24.3 Å². The van der Waals surface area contributed by atoms with E-state index in [1.54, 1.807) is 30.5 Å². The lowest BCUT2D eigenvalue weighted by molar-refractivity contribution is -0.130. The van der Waals surface area contributed by atoms with Crippen LogP contribution in [0.5, 0.6) is 0 Å². The molecule has 0 radical (unpaired) electrons. The highest BCUT2D eigenvalue weighted by Crippen LogP contribution is 2.29. The Morgan fingerprint density at radius 2 is 1.74 bits per heavy atom. The van der Waals surface area contributed by atoms with Crippen LogP contribution in [0.3, 0.4) is 0 Å². The van der Waals surface area contributed by atoms with Gasteiger partial charge < -0.3 is 31.7 Å². The molecular weight excluding hydrogens is 638 g/mol. The molecule has 1 saturated carbocycles. The first-order valence-electron chi connectivity index (χ1n) is 16.9. The number of carbonyl (C=O) groups is 5. The number of H-pyrrole nitrogens is 1. The van der Waals surface area contributed by atoms with Crippen LogP contribution >= 0.6 is 0 Å². The van der Waals surface area contributed by atoms with Gasteiger partial charge in [0.25, 0.3) is 5.91 Å². The zero-order chi connectivity index (χ0) is 35.2. The molecule has 6 rings (SSSR count). The minimum Gasteiger partial charge on any atom is -0.465 e. The molecule has 260 valence electrons. The Morgan fingerprint density at radius 3 is 2.44 bits per heavy atom. The molecule has 5 amide bonds. The normalized spacial score (nSPS) is 19.3. The first kappa shape index (κ1) is 34.2. The van der Waals surface area contributed by atoms with Crippen LogP contribution in [0, 0.1) is 18.8 Å². The number of amides is 5. The van der Waals surface area contributed by atoms with Gasteiger partial charge in [0.2, 0.25) is 17.7 Å². The molecule has 1 aliphatic heterocycles. The molecule has 2 atom stereocenters. The van der Waals surface area contributed by atoms with E-state index in [9.17, 15) is 24.0 Å². The van der Waals surface area contributed by atoms with E-state index in [-0.39, 0.29) is 41.9 Å². The molecule has 1 aromatic heterocycles. The van der Waals surface area contributed by atoms with Crippen LogP contribution in [0.1, 0.15) is 53.6 Å². The molecule has 2 fully saturated rings. The average molecular weight is 680 g/mol. The number of fused-ring (bicyclic) bond motifs is 1. The molecular formula is C37H41N7O6. The van der Waals surface area contributed by atoms with Crippen LogP contribution in [-0.4, -0.2) is 70.2 Å². The number of rotatable bonds is 11. The fourth-order valence-electron chi connectivity index (χ4n) is 6.76. The van der Waals surface area contributed by atoms with Gasteiger partial charge in [-0.05, 0) is 97.5 Å². The summed E-state index contributed by atoms with van der Waals surface area (Å²) in [6.07, 6.45) is 4.16. The molecule has 3 aromatic carbocycles. The molecule has 7 N–H and O–H groups in total. The summed E-state index contributed by atoms with van der Waals surface area (Å²) < 4.78 is 0. The lowest BCUT2D eigenvalue weighted by atomic mass is 9.81. The molecule has 0 spiro atoms. The van der Waals surface area contributed by atoms with Gasteiger partial charge in [0.05, 0.1) is 11.7 Å². The maximum atomic E-state index is 13.7. The molecule has 50 heavy (non-hydrogen) atoms. The number of benzene rings is 3. The molecule has 0 bridgehead atoms. The van der Waals surface area contributed by atoms with E-state index < -0.39 is 18.2 Å². The van der Waals surface area contributed by atoms with Crippen molar-refractivity contribution >= 4 is 46.3 Å². The average Bonchev–Trinajstić information content (AvgIpc) is 3.75. The molecule has 4 aromatic rings. The van der Waals surface area contributed by atoms with Gasteiger partial charge in [-0.15, -0.1) is 0 Å². The van der Waals surface area contributed by atoms with Crippen molar-refractivity contribution in [2.75, 3.05) is 18.4 Å². The predicted molar refractivity (Wildman–Crippen MR) is 187 cm³/mol. The first-order valence-corrected chi connectivity index (χ1v) is 16.9. The highest BCUT2D eigenvalue weighted by molar-refractivity contribution is 6.00. The van der Waals surface area contributed by atoms with Crippen molar-refractivity contribution in [1.29, 1.82) is 0 Å². The van der Waals surface area contributed by atoms with Gasteiger partial charge >= 0.3 is 6.09 Å². The highest BCUT2D eigenvalue weighted by atomic mass is 16.4. The van der Waals surface area contributed by atoms with Crippen molar-refractivity contribution in [1.82, 2.24) is 31.5 Å². The summed E-state index contributed by atoms with van der Waals surface area (Å²) in [5.74, 6) is -1.09. The van der Waals surface area contributed by atoms with Crippen molar-refractivity contribution in [3.63, 3.8) is 0 Å². The van der Waals surface area contributed by atoms with Gasteiger partial charge in [0, 0.05) is 42.1 Å². The number of aryl methyl sites for hydroxylation is 1. The number of carbonyl (C=O) groups excluding carboxylic acids is 4. The SMILES string of the molecule is Cc1cc(C(=O)N[C@@H]2CCNC2=O)ccc1-c1ccc(C[C@H](NC(=O)C2CCC(CNC(=O)O)CC2)C(=O)Nc2ccc3cn[nH]c3c2)cc1. The Morgan fingerprint density at radius 1 is 0.960 bits per heavy atom. The fraction of sp³-hybridized carbons (Fsp3) is 0.351. The highest BCUT2D eigenvalue weighted by Gasteiger charge is 2.30. The number of anilines is 1. The third-order valence-corrected chi connectivity index (χ3v) is 9.65. The van der Waals surface area contributed by atoms with Gasteiger partial charge in [-0.25, -0.2) is 4.79 Å². The van der Waals surface area contributed by atoms with Crippen molar-refractivity contribution in [3.8, 4) is 11.1 Å². The van der Waals surface area contributed by atoms with Crippen molar-refractivity contribution in [2.45, 2.75) is 57.5 Å². The standard InChI is InChI=1S/C37H41N7O6/c1-21-16-26(34(46)42-30-14-15-38-35(30)47)11-13-29(21)24-6-2-22(3-7-24)17-32(36(48)41-28-12-10-27-20-40-44-31(27)18-28)43-33(45)25-8-4-23(5-9-25)19-39-37(49)50/h2-3,6-7,10-13,16,18,20,23,25,30,32,39H,4-5,8-9,14-15,17,19H2,1H3,(H,38,47)(H,40,44)(H,41,48)(H,42,46)(H,43,45)(H,49,50)/t23?,25?,30-,32+/m1/s1. The third kappa shape index (κ3) is 8.28. The number of aromatic nitrogens is 2. The molecule has 2 aliphatic rings. The van der Waals surface area contributed by atoms with Gasteiger partial charge in [0.15, 0.2) is 0 Å². The Bertz CT molecular complexity index is 1900. The van der Waals surface area contributed by atoms with Crippen LogP contribution < -0.4 is 26.6 Å². The van der Waals surface area contributed by atoms with Crippen LogP contribution in [0.25, 0.3) is 22.0 Å². The number of aromatic amines is 1. The van der Waals surface area contributed by atoms with Crippen molar-refractivity contribution in [2.24, 2.45) is 11.8 Å². The quantitative estimate of drug-likeness (QED) is 0.125. The van der Waals surface area contributed by atoms with Crippen molar-refractivity contribution < 1.29 is 29.1 Å². The molecule has 0 unspecified atom stereocenters. The summed E-state index contributed by atoms with van der Waals surface area (Å²) in [6, 6.07) is 17.3. The van der Waals surface area contributed by atoms with E-state index in [0.717, 1.165) is 46.0 Å². The number of carboxylic acid groups (broad SMARTS) is 1. The summed E-state index contributed by atoms with van der Waals surface area (Å²) >= 11 is 0. The maximum Gasteiger partial charge on any atom is 0.404 e. The fourth-order valence-corrected chi connectivity index (χ4v) is 6.76. The van der Waals surface area contributed by atoms with E-state index in [1.165, 1.54) is 0 Å². The summed E-state index contributed by atoms with van der Waals surface area (Å²) in [5.41, 5.74) is 5.45. The van der Waals surface area contributed by atoms with Crippen molar-refractivity contribution in [3.05, 3.63) is 83.6 Å².